The van der Waals surface area contributed by atoms with Gasteiger partial charge in [-0.3, -0.25) is 0 Å². The Kier molecular flexibility index (Phi) is 4.08. The van der Waals surface area contributed by atoms with E-state index in [4.69, 9.17) is 11.6 Å². The van der Waals surface area contributed by atoms with Gasteiger partial charge in [0.15, 0.2) is 0 Å². The fraction of sp³-hybridized carbons (Fsp3) is 0.286. The molecule has 0 fully saturated rings. The number of H-pyrrole nitrogens is 1. The third-order valence-electron chi connectivity index (χ3n) is 2.84. The maximum Gasteiger partial charge on any atom is 0.0457 e. The Morgan fingerprint density at radius 2 is 2.29 bits per heavy atom. The molecule has 1 heterocycles. The van der Waals surface area contributed by atoms with Crippen LogP contribution >= 0.6 is 11.6 Å². The average Bonchev–Trinajstić information content (AvgIpc) is 2.76. The van der Waals surface area contributed by atoms with Crippen LogP contribution < -0.4 is 5.32 Å². The summed E-state index contributed by atoms with van der Waals surface area (Å²) in [5.41, 5.74) is 3.73. The highest BCUT2D eigenvalue weighted by Crippen LogP contribution is 2.20. The highest BCUT2D eigenvalue weighted by Gasteiger charge is 2.03. The Balaban J connectivity index is 2.31. The predicted octanol–water partition coefficient (Wildman–Crippen LogP) is 2.67. The molecule has 2 rings (SSSR count). The summed E-state index contributed by atoms with van der Waals surface area (Å²) in [4.78, 5) is 3.29. The van der Waals surface area contributed by atoms with Crippen molar-refractivity contribution in [2.24, 2.45) is 0 Å². The fourth-order valence-corrected chi connectivity index (χ4v) is 2.00. The molecule has 0 bridgehead atoms. The molecule has 0 atom stereocenters. The van der Waals surface area contributed by atoms with E-state index in [-0.39, 0.29) is 0 Å². The molecule has 0 radical (unpaired) electrons. The molecular formula is C14H15ClN2. The monoisotopic (exact) mass is 246 g/mol. The SMILES string of the molecule is CNCCc1c[nH]c2ccc(CC#CCl)cc12. The molecule has 88 valence electrons. The first-order valence-corrected chi connectivity index (χ1v) is 6.05. The smallest absolute Gasteiger partial charge is 0.0457 e. The van der Waals surface area contributed by atoms with E-state index in [0.29, 0.717) is 6.42 Å². The number of likely N-dealkylation sites (N-methyl/N-ethyl adjacent to an activating group) is 1. The molecule has 1 aromatic heterocycles. The second-order valence-electron chi connectivity index (χ2n) is 4.00. The third kappa shape index (κ3) is 2.82. The second kappa shape index (κ2) is 5.77. The molecule has 2 N–H and O–H groups in total. The van der Waals surface area contributed by atoms with Crippen molar-refractivity contribution in [1.82, 2.24) is 10.3 Å². The van der Waals surface area contributed by atoms with Crippen molar-refractivity contribution < 1.29 is 0 Å². The van der Waals surface area contributed by atoms with Gasteiger partial charge in [0.25, 0.3) is 0 Å². The number of fused-ring (bicyclic) bond motifs is 1. The molecule has 0 spiro atoms. The lowest BCUT2D eigenvalue weighted by Gasteiger charge is -2.00. The summed E-state index contributed by atoms with van der Waals surface area (Å²) in [5, 5.41) is 6.86. The van der Waals surface area contributed by atoms with Crippen LogP contribution in [0.3, 0.4) is 0 Å². The van der Waals surface area contributed by atoms with Crippen LogP contribution in [0.4, 0.5) is 0 Å². The topological polar surface area (TPSA) is 27.8 Å². The molecule has 2 nitrogen and oxygen atoms in total. The molecule has 17 heavy (non-hydrogen) atoms. The largest absolute Gasteiger partial charge is 0.361 e. The van der Waals surface area contributed by atoms with Crippen LogP contribution in [0.2, 0.25) is 0 Å². The summed E-state index contributed by atoms with van der Waals surface area (Å²) in [6.45, 7) is 0.985. The lowest BCUT2D eigenvalue weighted by Crippen LogP contribution is -2.09. The number of nitrogens with one attached hydrogen (secondary N) is 2. The van der Waals surface area contributed by atoms with Crippen LogP contribution in [0.25, 0.3) is 10.9 Å². The molecule has 0 saturated heterocycles. The van der Waals surface area contributed by atoms with Gasteiger partial charge in [0.1, 0.15) is 0 Å². The standard InChI is InChI=1S/C14H15ClN2/c1-16-8-6-12-10-17-14-5-4-11(3-2-7-15)9-13(12)14/h4-5,9-10,16-17H,3,6,8H2,1H3. The van der Waals surface area contributed by atoms with E-state index >= 15 is 0 Å². The quantitative estimate of drug-likeness (QED) is 0.798. The predicted molar refractivity (Wildman–Crippen MR) is 73.3 cm³/mol. The zero-order valence-electron chi connectivity index (χ0n) is 9.81. The van der Waals surface area contributed by atoms with Crippen LogP contribution in [-0.2, 0) is 12.8 Å². The molecule has 0 unspecified atom stereocenters. The van der Waals surface area contributed by atoms with Gasteiger partial charge >= 0.3 is 0 Å². The number of rotatable bonds is 4. The van der Waals surface area contributed by atoms with Crippen molar-refractivity contribution in [3.8, 4) is 11.3 Å². The number of hydrogen-bond acceptors (Lipinski definition) is 1. The number of halogens is 1. The first-order chi connectivity index (χ1) is 8.35. The molecular weight excluding hydrogens is 232 g/mol. The first kappa shape index (κ1) is 12.0. The molecule has 1 aromatic carbocycles. The third-order valence-corrected chi connectivity index (χ3v) is 2.97. The summed E-state index contributed by atoms with van der Waals surface area (Å²) in [7, 11) is 1.97. The zero-order valence-corrected chi connectivity index (χ0v) is 10.6. The number of aromatic nitrogens is 1. The summed E-state index contributed by atoms with van der Waals surface area (Å²) < 4.78 is 0. The molecule has 0 saturated carbocycles. The van der Waals surface area contributed by atoms with Gasteiger partial charge in [-0.15, -0.1) is 0 Å². The van der Waals surface area contributed by atoms with Gasteiger partial charge in [0.2, 0.25) is 0 Å². The van der Waals surface area contributed by atoms with Crippen LogP contribution in [0, 0.1) is 11.3 Å². The van der Waals surface area contributed by atoms with Gasteiger partial charge in [-0.05, 0) is 54.9 Å². The second-order valence-corrected chi connectivity index (χ2v) is 4.18. The summed E-state index contributed by atoms with van der Waals surface area (Å²) in [6, 6.07) is 6.38. The van der Waals surface area contributed by atoms with E-state index in [1.54, 1.807) is 0 Å². The summed E-state index contributed by atoms with van der Waals surface area (Å²) >= 11 is 5.37. The van der Waals surface area contributed by atoms with Gasteiger partial charge in [-0.2, -0.15) is 0 Å². The van der Waals surface area contributed by atoms with Gasteiger partial charge in [0.05, 0.1) is 0 Å². The first-order valence-electron chi connectivity index (χ1n) is 5.67. The van der Waals surface area contributed by atoms with Crippen LogP contribution in [0.15, 0.2) is 24.4 Å². The van der Waals surface area contributed by atoms with E-state index in [1.807, 2.05) is 7.05 Å². The molecule has 0 aliphatic carbocycles. The van der Waals surface area contributed by atoms with Crippen molar-refractivity contribution in [3.05, 3.63) is 35.5 Å². The lowest BCUT2D eigenvalue weighted by molar-refractivity contribution is 0.795. The summed E-state index contributed by atoms with van der Waals surface area (Å²) in [6.07, 6.45) is 3.82. The van der Waals surface area contributed by atoms with Crippen molar-refractivity contribution in [2.45, 2.75) is 12.8 Å². The number of benzene rings is 1. The zero-order chi connectivity index (χ0) is 12.1. The van der Waals surface area contributed by atoms with Crippen molar-refractivity contribution in [3.63, 3.8) is 0 Å². The highest BCUT2D eigenvalue weighted by molar-refractivity contribution is 6.30. The van der Waals surface area contributed by atoms with Gasteiger partial charge in [-0.1, -0.05) is 12.0 Å². The van der Waals surface area contributed by atoms with Gasteiger partial charge in [-0.25, -0.2) is 0 Å². The maximum absolute atomic E-state index is 5.37. The van der Waals surface area contributed by atoms with E-state index in [0.717, 1.165) is 13.0 Å². The lowest BCUT2D eigenvalue weighted by atomic mass is 10.1. The van der Waals surface area contributed by atoms with E-state index in [9.17, 15) is 0 Å². The van der Waals surface area contributed by atoms with Crippen molar-refractivity contribution >= 4 is 22.5 Å². The number of hydrogen-bond donors (Lipinski definition) is 2. The van der Waals surface area contributed by atoms with Crippen molar-refractivity contribution in [2.75, 3.05) is 13.6 Å². The minimum Gasteiger partial charge on any atom is -0.361 e. The minimum absolute atomic E-state index is 0.704. The Bertz CT molecular complexity index is 560. The normalized spacial score (nSPS) is 10.2. The van der Waals surface area contributed by atoms with E-state index in [1.165, 1.54) is 22.0 Å². The van der Waals surface area contributed by atoms with Crippen molar-refractivity contribution in [1.29, 1.82) is 0 Å². The molecule has 0 aliphatic heterocycles. The van der Waals surface area contributed by atoms with E-state index in [2.05, 4.69) is 46.0 Å². The Hall–Kier alpha value is -1.43. The maximum atomic E-state index is 5.37. The average molecular weight is 247 g/mol. The van der Waals surface area contributed by atoms with Crippen LogP contribution in [-0.4, -0.2) is 18.6 Å². The van der Waals surface area contributed by atoms with E-state index < -0.39 is 0 Å². The molecule has 3 heteroatoms. The van der Waals surface area contributed by atoms with Crippen LogP contribution in [0.1, 0.15) is 11.1 Å². The van der Waals surface area contributed by atoms with Gasteiger partial charge in [0, 0.05) is 28.9 Å². The molecule has 2 aromatic rings. The molecule has 0 aliphatic rings. The minimum atomic E-state index is 0.704. The Morgan fingerprint density at radius 1 is 1.41 bits per heavy atom. The number of aromatic amines is 1. The summed E-state index contributed by atoms with van der Waals surface area (Å²) in [5.74, 6) is 2.88. The Labute approximate surface area is 106 Å². The molecule has 0 amide bonds. The highest BCUT2D eigenvalue weighted by atomic mass is 35.5. The Morgan fingerprint density at radius 3 is 3.06 bits per heavy atom. The van der Waals surface area contributed by atoms with Gasteiger partial charge < -0.3 is 10.3 Å². The fourth-order valence-electron chi connectivity index (χ4n) is 1.94. The van der Waals surface area contributed by atoms with Crippen LogP contribution in [0.5, 0.6) is 0 Å².